The summed E-state index contributed by atoms with van der Waals surface area (Å²) >= 11 is 0. The van der Waals surface area contributed by atoms with E-state index in [9.17, 15) is 18.0 Å². The van der Waals surface area contributed by atoms with Crippen LogP contribution in [0.2, 0.25) is 0 Å². The number of aromatic amines is 1. The molecule has 9 nitrogen and oxygen atoms in total. The van der Waals surface area contributed by atoms with E-state index in [-0.39, 0.29) is 16.4 Å². The lowest BCUT2D eigenvalue weighted by Gasteiger charge is -2.08. The van der Waals surface area contributed by atoms with Gasteiger partial charge in [0.2, 0.25) is 0 Å². The molecular formula is C16H13N5O4S. The second kappa shape index (κ2) is 7.15. The third kappa shape index (κ3) is 4.11. The van der Waals surface area contributed by atoms with E-state index in [1.807, 2.05) is 0 Å². The van der Waals surface area contributed by atoms with Gasteiger partial charge in [-0.2, -0.15) is 5.10 Å². The quantitative estimate of drug-likeness (QED) is 0.617. The van der Waals surface area contributed by atoms with Crippen LogP contribution < -0.4 is 15.6 Å². The first-order valence-electron chi connectivity index (χ1n) is 7.35. The van der Waals surface area contributed by atoms with E-state index in [4.69, 9.17) is 0 Å². The number of hydrogen-bond acceptors (Lipinski definition) is 6. The summed E-state index contributed by atoms with van der Waals surface area (Å²) in [5.41, 5.74) is -0.0191. The van der Waals surface area contributed by atoms with Crippen LogP contribution in [0.15, 0.2) is 70.5 Å². The molecule has 1 amide bonds. The van der Waals surface area contributed by atoms with Crippen molar-refractivity contribution in [2.24, 2.45) is 0 Å². The van der Waals surface area contributed by atoms with Gasteiger partial charge in [0.05, 0.1) is 4.90 Å². The molecule has 0 aliphatic carbocycles. The topological polar surface area (TPSA) is 134 Å². The number of H-pyrrole nitrogens is 1. The molecule has 2 heterocycles. The highest BCUT2D eigenvalue weighted by molar-refractivity contribution is 7.92. The van der Waals surface area contributed by atoms with Crippen molar-refractivity contribution in [3.63, 3.8) is 0 Å². The van der Waals surface area contributed by atoms with E-state index in [0.717, 1.165) is 0 Å². The van der Waals surface area contributed by atoms with Crippen molar-refractivity contribution in [1.82, 2.24) is 15.2 Å². The number of carbonyl (C=O) groups is 1. The zero-order chi connectivity index (χ0) is 18.6. The van der Waals surface area contributed by atoms with Crippen LogP contribution in [0.3, 0.4) is 0 Å². The van der Waals surface area contributed by atoms with Crippen LogP contribution in [0, 0.1) is 0 Å². The Morgan fingerprint density at radius 1 is 1.00 bits per heavy atom. The van der Waals surface area contributed by atoms with E-state index in [1.54, 1.807) is 12.1 Å². The van der Waals surface area contributed by atoms with Gasteiger partial charge in [0, 0.05) is 18.0 Å². The Morgan fingerprint density at radius 2 is 1.77 bits per heavy atom. The second-order valence-corrected chi connectivity index (χ2v) is 6.79. The van der Waals surface area contributed by atoms with Gasteiger partial charge in [0.1, 0.15) is 11.5 Å². The lowest BCUT2D eigenvalue weighted by atomic mass is 10.3. The number of amides is 1. The number of pyridine rings is 1. The monoisotopic (exact) mass is 371 g/mol. The third-order valence-corrected chi connectivity index (χ3v) is 4.61. The predicted octanol–water partition coefficient (Wildman–Crippen LogP) is 1.22. The summed E-state index contributed by atoms with van der Waals surface area (Å²) < 4.78 is 27.0. The maximum Gasteiger partial charge on any atom is 0.276 e. The van der Waals surface area contributed by atoms with Crippen LogP contribution in [0.1, 0.15) is 10.5 Å². The molecule has 0 radical (unpaired) electrons. The molecule has 3 N–H and O–H groups in total. The van der Waals surface area contributed by atoms with Crippen LogP contribution in [0.5, 0.6) is 0 Å². The molecule has 0 unspecified atom stereocenters. The number of sulfonamides is 1. The van der Waals surface area contributed by atoms with Crippen molar-refractivity contribution < 1.29 is 13.2 Å². The van der Waals surface area contributed by atoms with Crippen molar-refractivity contribution in [2.45, 2.75) is 4.90 Å². The van der Waals surface area contributed by atoms with E-state index in [2.05, 4.69) is 25.2 Å². The average molecular weight is 371 g/mol. The Kier molecular flexibility index (Phi) is 4.76. The molecule has 132 valence electrons. The van der Waals surface area contributed by atoms with Gasteiger partial charge >= 0.3 is 0 Å². The summed E-state index contributed by atoms with van der Waals surface area (Å²) in [6.45, 7) is 0. The number of hydrogen-bond donors (Lipinski definition) is 3. The first-order chi connectivity index (χ1) is 12.4. The minimum atomic E-state index is -3.79. The van der Waals surface area contributed by atoms with Crippen molar-refractivity contribution in [2.75, 3.05) is 10.0 Å². The molecule has 2 aromatic heterocycles. The highest BCUT2D eigenvalue weighted by atomic mass is 32.2. The van der Waals surface area contributed by atoms with Gasteiger partial charge in [0.15, 0.2) is 0 Å². The van der Waals surface area contributed by atoms with Crippen LogP contribution in [0.4, 0.5) is 11.5 Å². The fourth-order valence-electron chi connectivity index (χ4n) is 2.00. The molecule has 0 aliphatic rings. The van der Waals surface area contributed by atoms with E-state index < -0.39 is 21.5 Å². The first-order valence-corrected chi connectivity index (χ1v) is 8.83. The zero-order valence-electron chi connectivity index (χ0n) is 13.2. The molecule has 0 bridgehead atoms. The largest absolute Gasteiger partial charge is 0.321 e. The number of anilines is 2. The Balaban J connectivity index is 1.72. The Bertz CT molecular complexity index is 1060. The van der Waals surface area contributed by atoms with Crippen LogP contribution in [-0.4, -0.2) is 29.5 Å². The maximum atomic E-state index is 12.3. The smallest absolute Gasteiger partial charge is 0.276 e. The number of aromatic nitrogens is 3. The summed E-state index contributed by atoms with van der Waals surface area (Å²) in [6.07, 6.45) is 1.47. The van der Waals surface area contributed by atoms with Crippen molar-refractivity contribution >= 4 is 27.4 Å². The van der Waals surface area contributed by atoms with Crippen LogP contribution in [0.25, 0.3) is 0 Å². The SMILES string of the molecule is O=C(Nc1ccc(S(=O)(=O)Nc2ccccn2)cc1)c1ccc(=O)[nH]n1. The molecule has 1 aromatic carbocycles. The van der Waals surface area contributed by atoms with E-state index >= 15 is 0 Å². The minimum absolute atomic E-state index is 0.0170. The molecule has 26 heavy (non-hydrogen) atoms. The van der Waals surface area contributed by atoms with Gasteiger partial charge < -0.3 is 5.32 Å². The fraction of sp³-hybridized carbons (Fsp3) is 0. The molecular weight excluding hydrogens is 358 g/mol. The Labute approximate surface area is 148 Å². The number of nitrogens with zero attached hydrogens (tertiary/aromatic N) is 2. The molecule has 3 rings (SSSR count). The summed E-state index contributed by atoms with van der Waals surface area (Å²) in [7, 11) is -3.79. The lowest BCUT2D eigenvalue weighted by Crippen LogP contribution is -2.17. The highest BCUT2D eigenvalue weighted by Crippen LogP contribution is 2.17. The minimum Gasteiger partial charge on any atom is -0.321 e. The van der Waals surface area contributed by atoms with Crippen LogP contribution >= 0.6 is 0 Å². The van der Waals surface area contributed by atoms with Gasteiger partial charge in [-0.1, -0.05) is 6.07 Å². The molecule has 10 heteroatoms. The van der Waals surface area contributed by atoms with E-state index in [1.165, 1.54) is 48.7 Å². The van der Waals surface area contributed by atoms with Crippen molar-refractivity contribution in [1.29, 1.82) is 0 Å². The maximum absolute atomic E-state index is 12.3. The zero-order valence-corrected chi connectivity index (χ0v) is 14.0. The van der Waals surface area contributed by atoms with Crippen LogP contribution in [-0.2, 0) is 10.0 Å². The second-order valence-electron chi connectivity index (χ2n) is 5.11. The van der Waals surface area contributed by atoms with Crippen molar-refractivity contribution in [3.8, 4) is 0 Å². The molecule has 0 fully saturated rings. The normalized spacial score (nSPS) is 10.9. The Morgan fingerprint density at radius 3 is 2.38 bits per heavy atom. The number of carbonyl (C=O) groups excluding carboxylic acids is 1. The van der Waals surface area contributed by atoms with Gasteiger partial charge in [-0.05, 0) is 42.5 Å². The molecule has 0 saturated carbocycles. The molecule has 0 saturated heterocycles. The molecule has 0 atom stereocenters. The number of nitrogens with one attached hydrogen (secondary N) is 3. The molecule has 0 spiro atoms. The summed E-state index contributed by atoms with van der Waals surface area (Å²) in [4.78, 5) is 26.9. The summed E-state index contributed by atoms with van der Waals surface area (Å²) in [6, 6.07) is 12.9. The van der Waals surface area contributed by atoms with Gasteiger partial charge in [-0.15, -0.1) is 0 Å². The van der Waals surface area contributed by atoms with E-state index in [0.29, 0.717) is 5.69 Å². The standard InChI is InChI=1S/C16H13N5O4S/c22-15-9-8-13(19-20-15)16(23)18-11-4-6-12(7-5-11)26(24,25)21-14-3-1-2-10-17-14/h1-10H,(H,17,21)(H,18,23)(H,20,22). The number of rotatable bonds is 5. The molecule has 3 aromatic rings. The Hall–Kier alpha value is -3.53. The summed E-state index contributed by atoms with van der Waals surface area (Å²) in [5, 5.41) is 8.33. The van der Waals surface area contributed by atoms with Gasteiger partial charge in [-0.25, -0.2) is 18.5 Å². The van der Waals surface area contributed by atoms with Gasteiger partial charge in [-0.3, -0.25) is 14.3 Å². The average Bonchev–Trinajstić information content (AvgIpc) is 2.63. The number of benzene rings is 1. The third-order valence-electron chi connectivity index (χ3n) is 3.24. The lowest BCUT2D eigenvalue weighted by molar-refractivity contribution is 0.102. The first kappa shape index (κ1) is 17.3. The molecule has 0 aliphatic heterocycles. The summed E-state index contributed by atoms with van der Waals surface area (Å²) in [5.74, 6) is -0.336. The van der Waals surface area contributed by atoms with Gasteiger partial charge in [0.25, 0.3) is 21.5 Å². The highest BCUT2D eigenvalue weighted by Gasteiger charge is 2.15. The van der Waals surface area contributed by atoms with Crippen molar-refractivity contribution in [3.05, 3.63) is 76.8 Å². The fourth-order valence-corrected chi connectivity index (χ4v) is 3.01. The predicted molar refractivity (Wildman–Crippen MR) is 94.3 cm³/mol.